The van der Waals surface area contributed by atoms with Crippen molar-refractivity contribution in [3.8, 4) is 0 Å². The van der Waals surface area contributed by atoms with Crippen molar-refractivity contribution in [2.24, 2.45) is 0 Å². The van der Waals surface area contributed by atoms with Crippen LogP contribution in [0.3, 0.4) is 0 Å². The van der Waals surface area contributed by atoms with E-state index in [1.807, 2.05) is 23.3 Å². The van der Waals surface area contributed by atoms with Gasteiger partial charge < -0.3 is 9.64 Å². The lowest BCUT2D eigenvalue weighted by Crippen LogP contribution is -2.44. The third-order valence-electron chi connectivity index (χ3n) is 4.77. The molecule has 122 valence electrons. The van der Waals surface area contributed by atoms with Crippen molar-refractivity contribution >= 4 is 21.9 Å². The molecule has 7 nitrogen and oxygen atoms in total. The second kappa shape index (κ2) is 6.16. The first-order chi connectivity index (χ1) is 11.2. The summed E-state index contributed by atoms with van der Waals surface area (Å²) in [5, 5.41) is 8.48. The Morgan fingerprint density at radius 1 is 1.17 bits per heavy atom. The van der Waals surface area contributed by atoms with Crippen molar-refractivity contribution in [2.45, 2.75) is 50.4 Å². The van der Waals surface area contributed by atoms with Gasteiger partial charge in [-0.3, -0.25) is 0 Å². The van der Waals surface area contributed by atoms with E-state index in [1.165, 1.54) is 12.8 Å². The third kappa shape index (κ3) is 2.85. The van der Waals surface area contributed by atoms with Gasteiger partial charge in [0.25, 0.3) is 0 Å². The molecule has 0 spiro atoms. The van der Waals surface area contributed by atoms with E-state index < -0.39 is 0 Å². The van der Waals surface area contributed by atoms with Crippen LogP contribution in [0.5, 0.6) is 0 Å². The monoisotopic (exact) mass is 378 g/mol. The number of aromatic nitrogens is 5. The summed E-state index contributed by atoms with van der Waals surface area (Å²) in [6.07, 6.45) is 10.2. The molecule has 0 saturated carbocycles. The minimum atomic E-state index is 0.400. The van der Waals surface area contributed by atoms with Crippen LogP contribution in [-0.2, 0) is 11.3 Å². The molecule has 0 aliphatic carbocycles. The van der Waals surface area contributed by atoms with E-state index in [0.29, 0.717) is 24.7 Å². The number of hydrogen-bond donors (Lipinski definition) is 0. The standard InChI is InChI=1S/C15H19BrN6O/c1-23-9-11-8-21(20-19-11)14-4-12-2-3-13(5-14)22(12)15-17-6-10(16)7-18-15/h6-8,12-14H,2-5,9H2,1H3. The number of piperidine rings is 1. The molecule has 8 heteroatoms. The Hall–Kier alpha value is -1.54. The number of hydrogen-bond acceptors (Lipinski definition) is 6. The summed E-state index contributed by atoms with van der Waals surface area (Å²) in [6, 6.07) is 1.36. The first kappa shape index (κ1) is 15.0. The summed E-state index contributed by atoms with van der Waals surface area (Å²) in [7, 11) is 1.68. The highest BCUT2D eigenvalue weighted by molar-refractivity contribution is 9.10. The van der Waals surface area contributed by atoms with Crippen molar-refractivity contribution in [2.75, 3.05) is 12.0 Å². The Labute approximate surface area is 143 Å². The molecule has 4 heterocycles. The van der Waals surface area contributed by atoms with Crippen LogP contribution >= 0.6 is 15.9 Å². The molecule has 2 saturated heterocycles. The largest absolute Gasteiger partial charge is 0.378 e. The van der Waals surface area contributed by atoms with E-state index in [2.05, 4.69) is 41.1 Å². The quantitative estimate of drug-likeness (QED) is 0.813. The molecule has 2 aliphatic heterocycles. The van der Waals surface area contributed by atoms with Crippen molar-refractivity contribution in [1.82, 2.24) is 25.0 Å². The second-order valence-electron chi connectivity index (χ2n) is 6.24. The number of anilines is 1. The molecule has 2 fully saturated rings. The van der Waals surface area contributed by atoms with Gasteiger partial charge in [0, 0.05) is 31.6 Å². The van der Waals surface area contributed by atoms with Crippen LogP contribution in [0.1, 0.15) is 37.4 Å². The second-order valence-corrected chi connectivity index (χ2v) is 7.16. The summed E-state index contributed by atoms with van der Waals surface area (Å²) in [4.78, 5) is 11.4. The van der Waals surface area contributed by atoms with Crippen LogP contribution in [0.4, 0.5) is 5.95 Å². The van der Waals surface area contributed by atoms with Gasteiger partial charge in [0.2, 0.25) is 5.95 Å². The van der Waals surface area contributed by atoms with E-state index in [-0.39, 0.29) is 0 Å². The van der Waals surface area contributed by atoms with Crippen molar-refractivity contribution in [1.29, 1.82) is 0 Å². The summed E-state index contributed by atoms with van der Waals surface area (Å²) in [5.41, 5.74) is 0.888. The highest BCUT2D eigenvalue weighted by Crippen LogP contribution is 2.42. The highest BCUT2D eigenvalue weighted by atomic mass is 79.9. The zero-order valence-corrected chi connectivity index (χ0v) is 14.6. The Morgan fingerprint density at radius 2 is 1.87 bits per heavy atom. The molecule has 23 heavy (non-hydrogen) atoms. The maximum atomic E-state index is 5.12. The summed E-state index contributed by atoms with van der Waals surface area (Å²) in [6.45, 7) is 0.512. The summed E-state index contributed by atoms with van der Waals surface area (Å²) in [5.74, 6) is 0.845. The minimum absolute atomic E-state index is 0.400. The lowest BCUT2D eigenvalue weighted by atomic mass is 9.98. The van der Waals surface area contributed by atoms with Crippen LogP contribution < -0.4 is 4.90 Å². The number of rotatable bonds is 4. The lowest BCUT2D eigenvalue weighted by Gasteiger charge is -2.38. The number of nitrogens with zero attached hydrogens (tertiary/aromatic N) is 6. The Kier molecular flexibility index (Phi) is 4.02. The number of halogens is 1. The van der Waals surface area contributed by atoms with E-state index >= 15 is 0 Å². The lowest BCUT2D eigenvalue weighted by molar-refractivity contribution is 0.181. The summed E-state index contributed by atoms with van der Waals surface area (Å²) < 4.78 is 8.05. The molecule has 2 unspecified atom stereocenters. The molecule has 0 aromatic carbocycles. The molecular formula is C15H19BrN6O. The number of methoxy groups -OCH3 is 1. The van der Waals surface area contributed by atoms with Crippen LogP contribution in [0.15, 0.2) is 23.1 Å². The number of fused-ring (bicyclic) bond motifs is 2. The van der Waals surface area contributed by atoms with Gasteiger partial charge in [0.05, 0.1) is 23.3 Å². The van der Waals surface area contributed by atoms with Gasteiger partial charge in [-0.25, -0.2) is 14.6 Å². The van der Waals surface area contributed by atoms with Crippen LogP contribution in [0.25, 0.3) is 0 Å². The Morgan fingerprint density at radius 3 is 2.52 bits per heavy atom. The molecular weight excluding hydrogens is 360 g/mol. The Balaban J connectivity index is 1.51. The fraction of sp³-hybridized carbons (Fsp3) is 0.600. The van der Waals surface area contributed by atoms with Gasteiger partial charge >= 0.3 is 0 Å². The average Bonchev–Trinajstić information content (AvgIpc) is 3.11. The van der Waals surface area contributed by atoms with E-state index in [0.717, 1.165) is 29.0 Å². The molecule has 2 aromatic heterocycles. The van der Waals surface area contributed by atoms with E-state index in [1.54, 1.807) is 7.11 Å². The van der Waals surface area contributed by atoms with Crippen molar-refractivity contribution in [3.63, 3.8) is 0 Å². The smallest absolute Gasteiger partial charge is 0.225 e. The predicted molar refractivity (Wildman–Crippen MR) is 88.0 cm³/mol. The maximum Gasteiger partial charge on any atom is 0.225 e. The normalized spacial score (nSPS) is 26.7. The first-order valence-corrected chi connectivity index (χ1v) is 8.69. The zero-order valence-electron chi connectivity index (χ0n) is 13.0. The first-order valence-electron chi connectivity index (χ1n) is 7.90. The Bertz CT molecular complexity index is 661. The third-order valence-corrected chi connectivity index (χ3v) is 5.18. The number of ether oxygens (including phenoxy) is 1. The summed E-state index contributed by atoms with van der Waals surface area (Å²) >= 11 is 3.40. The molecule has 0 radical (unpaired) electrons. The maximum absolute atomic E-state index is 5.12. The van der Waals surface area contributed by atoms with Crippen LogP contribution in [0.2, 0.25) is 0 Å². The topological polar surface area (TPSA) is 69.0 Å². The highest BCUT2D eigenvalue weighted by Gasteiger charge is 2.42. The average molecular weight is 379 g/mol. The van der Waals surface area contributed by atoms with Gasteiger partial charge in [0.15, 0.2) is 0 Å². The molecule has 0 N–H and O–H groups in total. The predicted octanol–water partition coefficient (Wildman–Crippen LogP) is 2.35. The van der Waals surface area contributed by atoms with Gasteiger partial charge in [0.1, 0.15) is 5.69 Å². The van der Waals surface area contributed by atoms with Crippen molar-refractivity contribution < 1.29 is 4.74 Å². The zero-order chi connectivity index (χ0) is 15.8. The SMILES string of the molecule is COCc1cn(C2CC3CCC(C2)N3c2ncc(Br)cn2)nn1. The van der Waals surface area contributed by atoms with E-state index in [9.17, 15) is 0 Å². The molecule has 2 aromatic rings. The molecule has 2 atom stereocenters. The van der Waals surface area contributed by atoms with Gasteiger partial charge in [-0.15, -0.1) is 5.10 Å². The molecule has 0 amide bonds. The van der Waals surface area contributed by atoms with Gasteiger partial charge in [-0.1, -0.05) is 5.21 Å². The van der Waals surface area contributed by atoms with E-state index in [4.69, 9.17) is 4.74 Å². The fourth-order valence-electron chi connectivity index (χ4n) is 3.84. The van der Waals surface area contributed by atoms with Gasteiger partial charge in [-0.2, -0.15) is 0 Å². The van der Waals surface area contributed by atoms with Crippen molar-refractivity contribution in [3.05, 3.63) is 28.8 Å². The molecule has 2 bridgehead atoms. The molecule has 2 aliphatic rings. The van der Waals surface area contributed by atoms with Crippen LogP contribution in [-0.4, -0.2) is 44.2 Å². The minimum Gasteiger partial charge on any atom is -0.378 e. The van der Waals surface area contributed by atoms with Crippen LogP contribution in [0, 0.1) is 0 Å². The fourth-order valence-corrected chi connectivity index (χ4v) is 4.04. The van der Waals surface area contributed by atoms with Gasteiger partial charge in [-0.05, 0) is 41.6 Å². The molecule has 4 rings (SSSR count).